The Balaban J connectivity index is 1.01. The Morgan fingerprint density at radius 3 is 2.58 bits per heavy atom. The van der Waals surface area contributed by atoms with Crippen LogP contribution < -0.4 is 5.32 Å². The number of amides is 1. The van der Waals surface area contributed by atoms with Crippen molar-refractivity contribution >= 4 is 16.9 Å². The Labute approximate surface area is 195 Å². The first kappa shape index (κ1) is 22.8. The van der Waals surface area contributed by atoms with E-state index >= 15 is 0 Å². The SMILES string of the molecule is O=C(N[C@H]1CC[C@H](CCN2CCC(c3noc4cc(F)ccc34)CC2)CC1)C1CCOCC1. The lowest BCUT2D eigenvalue weighted by Crippen LogP contribution is -2.42. The monoisotopic (exact) mass is 457 g/mol. The normalized spacial score (nSPS) is 26.0. The molecule has 1 aliphatic carbocycles. The van der Waals surface area contributed by atoms with Gasteiger partial charge in [0.15, 0.2) is 5.58 Å². The summed E-state index contributed by atoms with van der Waals surface area (Å²) in [5, 5.41) is 8.53. The number of ether oxygens (including phenoxy) is 1. The average molecular weight is 458 g/mol. The Bertz CT molecular complexity index is 926. The molecule has 2 aliphatic heterocycles. The van der Waals surface area contributed by atoms with Crippen LogP contribution in [0.15, 0.2) is 22.7 Å². The van der Waals surface area contributed by atoms with Gasteiger partial charge in [-0.15, -0.1) is 0 Å². The lowest BCUT2D eigenvalue weighted by molar-refractivity contribution is -0.128. The third kappa shape index (κ3) is 5.57. The number of rotatable bonds is 6. The molecule has 3 heterocycles. The maximum Gasteiger partial charge on any atom is 0.223 e. The fourth-order valence-corrected chi connectivity index (χ4v) is 5.89. The van der Waals surface area contributed by atoms with Gasteiger partial charge < -0.3 is 19.5 Å². The van der Waals surface area contributed by atoms with Gasteiger partial charge in [0.2, 0.25) is 5.91 Å². The average Bonchev–Trinajstić information content (AvgIpc) is 3.27. The van der Waals surface area contributed by atoms with Crippen molar-refractivity contribution in [3.8, 4) is 0 Å². The van der Waals surface area contributed by atoms with Crippen molar-refractivity contribution in [3.05, 3.63) is 29.7 Å². The highest BCUT2D eigenvalue weighted by Gasteiger charge is 2.28. The summed E-state index contributed by atoms with van der Waals surface area (Å²) in [4.78, 5) is 15.1. The second kappa shape index (κ2) is 10.5. The van der Waals surface area contributed by atoms with E-state index in [2.05, 4.69) is 15.4 Å². The number of piperidine rings is 1. The van der Waals surface area contributed by atoms with Crippen LogP contribution in [0.5, 0.6) is 0 Å². The first-order chi connectivity index (χ1) is 16.2. The number of hydrogen-bond donors (Lipinski definition) is 1. The van der Waals surface area contributed by atoms with E-state index < -0.39 is 0 Å². The van der Waals surface area contributed by atoms with E-state index in [0.29, 0.717) is 17.5 Å². The fourth-order valence-electron chi connectivity index (χ4n) is 5.89. The van der Waals surface area contributed by atoms with Crippen LogP contribution in [0.1, 0.15) is 69.4 Å². The molecular weight excluding hydrogens is 421 g/mol. The molecule has 2 aromatic rings. The molecule has 1 N–H and O–H groups in total. The van der Waals surface area contributed by atoms with E-state index in [-0.39, 0.29) is 17.6 Å². The number of benzene rings is 1. The second-order valence-electron chi connectivity index (χ2n) is 10.2. The Kier molecular flexibility index (Phi) is 7.26. The summed E-state index contributed by atoms with van der Waals surface area (Å²) in [5.41, 5.74) is 1.54. The highest BCUT2D eigenvalue weighted by Crippen LogP contribution is 2.33. The molecule has 5 rings (SSSR count). The van der Waals surface area contributed by atoms with Crippen LogP contribution in [0.25, 0.3) is 11.0 Å². The molecule has 0 atom stereocenters. The van der Waals surface area contributed by atoms with Crippen LogP contribution in [0.2, 0.25) is 0 Å². The smallest absolute Gasteiger partial charge is 0.223 e. The zero-order chi connectivity index (χ0) is 22.6. The molecular formula is C26H36FN3O3. The molecule has 0 radical (unpaired) electrons. The van der Waals surface area contributed by atoms with Crippen LogP contribution in [0.4, 0.5) is 4.39 Å². The quantitative estimate of drug-likeness (QED) is 0.685. The molecule has 3 aliphatic rings. The molecule has 7 heteroatoms. The van der Waals surface area contributed by atoms with Gasteiger partial charge in [-0.1, -0.05) is 5.16 Å². The van der Waals surface area contributed by atoms with Crippen LogP contribution in [-0.2, 0) is 9.53 Å². The van der Waals surface area contributed by atoms with E-state index in [1.54, 1.807) is 6.07 Å². The molecule has 0 unspecified atom stereocenters. The molecule has 180 valence electrons. The highest BCUT2D eigenvalue weighted by atomic mass is 19.1. The van der Waals surface area contributed by atoms with Gasteiger partial charge >= 0.3 is 0 Å². The first-order valence-electron chi connectivity index (χ1n) is 12.8. The third-order valence-corrected chi connectivity index (χ3v) is 8.08. The largest absolute Gasteiger partial charge is 0.381 e. The van der Waals surface area contributed by atoms with Crippen LogP contribution in [-0.4, -0.2) is 54.9 Å². The number of carbonyl (C=O) groups is 1. The zero-order valence-corrected chi connectivity index (χ0v) is 19.4. The molecule has 1 saturated carbocycles. The van der Waals surface area contributed by atoms with Gasteiger partial charge in [-0.05, 0) is 95.5 Å². The topological polar surface area (TPSA) is 67.6 Å². The van der Waals surface area contributed by atoms with E-state index in [1.807, 2.05) is 0 Å². The van der Waals surface area contributed by atoms with Gasteiger partial charge in [0, 0.05) is 42.5 Å². The number of fused-ring (bicyclic) bond motifs is 1. The molecule has 1 amide bonds. The summed E-state index contributed by atoms with van der Waals surface area (Å²) in [6.07, 6.45) is 9.79. The molecule has 0 bridgehead atoms. The molecule has 33 heavy (non-hydrogen) atoms. The molecule has 3 fully saturated rings. The first-order valence-corrected chi connectivity index (χ1v) is 12.8. The van der Waals surface area contributed by atoms with Crippen LogP contribution in [0, 0.1) is 17.7 Å². The summed E-state index contributed by atoms with van der Waals surface area (Å²) < 4.78 is 24.2. The number of halogens is 1. The fraction of sp³-hybridized carbons (Fsp3) is 0.692. The number of nitrogens with zero attached hydrogens (tertiary/aromatic N) is 2. The van der Waals surface area contributed by atoms with Crippen LogP contribution in [0.3, 0.4) is 0 Å². The predicted molar refractivity (Wildman–Crippen MR) is 124 cm³/mol. The van der Waals surface area contributed by atoms with E-state index in [4.69, 9.17) is 9.26 Å². The minimum Gasteiger partial charge on any atom is -0.381 e. The molecule has 1 aromatic heterocycles. The highest BCUT2D eigenvalue weighted by molar-refractivity contribution is 5.80. The summed E-state index contributed by atoms with van der Waals surface area (Å²) in [5.74, 6) is 1.28. The Hall–Kier alpha value is -1.99. The zero-order valence-electron chi connectivity index (χ0n) is 19.4. The Morgan fingerprint density at radius 1 is 1.06 bits per heavy atom. The molecule has 6 nitrogen and oxygen atoms in total. The summed E-state index contributed by atoms with van der Waals surface area (Å²) >= 11 is 0. The maximum atomic E-state index is 13.4. The Morgan fingerprint density at radius 2 is 1.82 bits per heavy atom. The van der Waals surface area contributed by atoms with Crippen molar-refractivity contribution in [1.82, 2.24) is 15.4 Å². The molecule has 1 aromatic carbocycles. The van der Waals surface area contributed by atoms with Crippen molar-refractivity contribution in [3.63, 3.8) is 0 Å². The maximum absolute atomic E-state index is 13.4. The molecule has 0 spiro atoms. The standard InChI is InChI=1S/C26H36FN3O3/c27-21-3-6-23-24(17-21)33-29-25(23)19-8-13-30(14-9-19)12-7-18-1-4-22(5-2-18)28-26(31)20-10-15-32-16-11-20/h3,6,17-20,22H,1-2,4-5,7-16H2,(H,28,31)/t18-,22-. The molecule has 2 saturated heterocycles. The van der Waals surface area contributed by atoms with Gasteiger partial charge in [-0.2, -0.15) is 0 Å². The van der Waals surface area contributed by atoms with Crippen molar-refractivity contribution in [1.29, 1.82) is 0 Å². The van der Waals surface area contributed by atoms with Crippen LogP contribution >= 0.6 is 0 Å². The van der Waals surface area contributed by atoms with Crippen molar-refractivity contribution < 1.29 is 18.4 Å². The van der Waals surface area contributed by atoms with E-state index in [0.717, 1.165) is 88.4 Å². The summed E-state index contributed by atoms with van der Waals surface area (Å²) in [6, 6.07) is 5.07. The summed E-state index contributed by atoms with van der Waals surface area (Å²) in [6.45, 7) is 4.75. The van der Waals surface area contributed by atoms with Gasteiger partial charge in [-0.3, -0.25) is 4.79 Å². The number of likely N-dealkylation sites (tertiary alicyclic amines) is 1. The van der Waals surface area contributed by atoms with Crippen molar-refractivity contribution in [2.24, 2.45) is 11.8 Å². The number of hydrogen-bond acceptors (Lipinski definition) is 5. The van der Waals surface area contributed by atoms with Gasteiger partial charge in [-0.25, -0.2) is 4.39 Å². The number of aromatic nitrogens is 1. The summed E-state index contributed by atoms with van der Waals surface area (Å²) in [7, 11) is 0. The second-order valence-corrected chi connectivity index (χ2v) is 10.2. The third-order valence-electron chi connectivity index (χ3n) is 8.08. The van der Waals surface area contributed by atoms with Gasteiger partial charge in [0.05, 0.1) is 5.69 Å². The lowest BCUT2D eigenvalue weighted by atomic mass is 9.83. The van der Waals surface area contributed by atoms with E-state index in [1.165, 1.54) is 31.4 Å². The number of carbonyl (C=O) groups excluding carboxylic acids is 1. The number of nitrogens with one attached hydrogen (secondary N) is 1. The lowest BCUT2D eigenvalue weighted by Gasteiger charge is -2.34. The minimum absolute atomic E-state index is 0.149. The van der Waals surface area contributed by atoms with Crippen molar-refractivity contribution in [2.75, 3.05) is 32.8 Å². The van der Waals surface area contributed by atoms with E-state index in [9.17, 15) is 9.18 Å². The van der Waals surface area contributed by atoms with Gasteiger partial charge in [0.25, 0.3) is 0 Å². The van der Waals surface area contributed by atoms with Crippen molar-refractivity contribution in [2.45, 2.75) is 69.7 Å². The van der Waals surface area contributed by atoms with Gasteiger partial charge in [0.1, 0.15) is 5.82 Å². The minimum atomic E-state index is -0.282. The predicted octanol–water partition coefficient (Wildman–Crippen LogP) is 4.64.